The van der Waals surface area contributed by atoms with Crippen LogP contribution in [0.1, 0.15) is 13.8 Å². The van der Waals surface area contributed by atoms with Crippen LogP contribution in [-0.2, 0) is 0 Å². The predicted octanol–water partition coefficient (Wildman–Crippen LogP) is 2.44. The molecule has 14 heavy (non-hydrogen) atoms. The number of rotatable bonds is 2. The molecule has 0 saturated carbocycles. The van der Waals surface area contributed by atoms with Crippen LogP contribution in [0, 0.1) is 0 Å². The van der Waals surface area contributed by atoms with Crippen molar-refractivity contribution in [1.82, 2.24) is 9.97 Å². The van der Waals surface area contributed by atoms with Crippen LogP contribution in [0.3, 0.4) is 0 Å². The number of halogens is 1. The van der Waals surface area contributed by atoms with Crippen molar-refractivity contribution >= 4 is 29.2 Å². The first-order valence-electron chi connectivity index (χ1n) is 4.46. The van der Waals surface area contributed by atoms with E-state index in [-0.39, 0.29) is 0 Å². The lowest BCUT2D eigenvalue weighted by Crippen LogP contribution is -2.50. The highest BCUT2D eigenvalue weighted by atomic mass is 35.5. The van der Waals surface area contributed by atoms with E-state index >= 15 is 0 Å². The minimum atomic E-state index is 0.293. The summed E-state index contributed by atoms with van der Waals surface area (Å²) in [5.74, 6) is 1.92. The van der Waals surface area contributed by atoms with Gasteiger partial charge in [0.1, 0.15) is 11.0 Å². The number of hydrogen-bond acceptors (Lipinski definition) is 4. The quantitative estimate of drug-likeness (QED) is 0.846. The Hall–Kier alpha value is -0.480. The highest BCUT2D eigenvalue weighted by Gasteiger charge is 2.39. The summed E-state index contributed by atoms with van der Waals surface area (Å²) in [5, 5.41) is 3.77. The second kappa shape index (κ2) is 3.59. The molecule has 2 heterocycles. The molecule has 1 saturated heterocycles. The van der Waals surface area contributed by atoms with Crippen LogP contribution in [0.4, 0.5) is 5.82 Å². The van der Waals surface area contributed by atoms with Crippen LogP contribution in [-0.4, -0.2) is 26.5 Å². The van der Waals surface area contributed by atoms with Gasteiger partial charge in [-0.25, -0.2) is 9.97 Å². The summed E-state index contributed by atoms with van der Waals surface area (Å²) < 4.78 is 0.293. The van der Waals surface area contributed by atoms with Crippen LogP contribution in [0.25, 0.3) is 0 Å². The molecule has 3 nitrogen and oxygen atoms in total. The fraction of sp³-hybridized carbons (Fsp3) is 0.556. The molecule has 0 aliphatic carbocycles. The summed E-state index contributed by atoms with van der Waals surface area (Å²) in [6, 6.07) is 0.475. The third-order valence-corrected chi connectivity index (χ3v) is 4.13. The Morgan fingerprint density at radius 1 is 1.50 bits per heavy atom. The van der Waals surface area contributed by atoms with E-state index < -0.39 is 0 Å². The average Bonchev–Trinajstić information content (AvgIpc) is 2.15. The number of nitrogens with zero attached hydrogens (tertiary/aromatic N) is 2. The molecule has 0 spiro atoms. The summed E-state index contributed by atoms with van der Waals surface area (Å²) in [6.07, 6.45) is 3.23. The van der Waals surface area contributed by atoms with E-state index in [4.69, 9.17) is 11.6 Å². The minimum Gasteiger partial charge on any atom is -0.364 e. The number of thioether (sulfide) groups is 1. The highest BCUT2D eigenvalue weighted by molar-refractivity contribution is 8.02. The second-order valence-electron chi connectivity index (χ2n) is 3.84. The molecule has 5 heteroatoms. The molecule has 1 N–H and O–H groups in total. The molecule has 0 aromatic carbocycles. The lowest BCUT2D eigenvalue weighted by atomic mass is 10.0. The van der Waals surface area contributed by atoms with Crippen molar-refractivity contribution in [3.05, 3.63) is 17.5 Å². The molecular weight excluding hydrogens is 218 g/mol. The zero-order valence-corrected chi connectivity index (χ0v) is 9.69. The van der Waals surface area contributed by atoms with Crippen molar-refractivity contribution in [2.45, 2.75) is 24.6 Å². The van der Waals surface area contributed by atoms with Gasteiger partial charge in [0.2, 0.25) is 0 Å². The van der Waals surface area contributed by atoms with Gasteiger partial charge in [0, 0.05) is 10.5 Å². The fourth-order valence-electron chi connectivity index (χ4n) is 1.28. The van der Waals surface area contributed by atoms with Crippen molar-refractivity contribution in [2.24, 2.45) is 0 Å². The van der Waals surface area contributed by atoms with E-state index in [9.17, 15) is 0 Å². The van der Waals surface area contributed by atoms with Crippen molar-refractivity contribution in [3.8, 4) is 0 Å². The molecule has 1 aromatic heterocycles. The van der Waals surface area contributed by atoms with E-state index in [0.29, 0.717) is 15.9 Å². The lowest BCUT2D eigenvalue weighted by Gasteiger charge is -2.44. The van der Waals surface area contributed by atoms with Gasteiger partial charge in [-0.3, -0.25) is 0 Å². The van der Waals surface area contributed by atoms with Gasteiger partial charge in [0.05, 0.1) is 18.4 Å². The Bertz CT molecular complexity index is 325. The highest BCUT2D eigenvalue weighted by Crippen LogP contribution is 2.41. The smallest absolute Gasteiger partial charge is 0.147 e. The Morgan fingerprint density at radius 2 is 2.29 bits per heavy atom. The Balaban J connectivity index is 2.01. The topological polar surface area (TPSA) is 37.8 Å². The first-order chi connectivity index (χ1) is 6.58. The number of anilines is 1. The van der Waals surface area contributed by atoms with E-state index in [1.54, 1.807) is 12.4 Å². The van der Waals surface area contributed by atoms with Gasteiger partial charge in [-0.1, -0.05) is 11.6 Å². The molecule has 1 aliphatic heterocycles. The van der Waals surface area contributed by atoms with E-state index in [1.165, 1.54) is 0 Å². The first-order valence-corrected chi connectivity index (χ1v) is 5.82. The Morgan fingerprint density at radius 3 is 2.71 bits per heavy atom. The third kappa shape index (κ3) is 1.96. The van der Waals surface area contributed by atoms with Crippen molar-refractivity contribution in [2.75, 3.05) is 11.1 Å². The van der Waals surface area contributed by atoms with Crippen LogP contribution < -0.4 is 5.32 Å². The normalized spacial score (nSPS) is 24.1. The largest absolute Gasteiger partial charge is 0.364 e. The second-order valence-corrected chi connectivity index (χ2v) is 5.90. The number of hydrogen-bond donors (Lipinski definition) is 1. The molecule has 1 aliphatic rings. The van der Waals surface area contributed by atoms with Gasteiger partial charge in [-0.05, 0) is 13.8 Å². The maximum Gasteiger partial charge on any atom is 0.147 e. The maximum absolute atomic E-state index is 5.65. The molecule has 2 rings (SSSR count). The average molecular weight is 230 g/mol. The zero-order valence-electron chi connectivity index (χ0n) is 8.12. The van der Waals surface area contributed by atoms with Gasteiger partial charge in [-0.2, -0.15) is 11.8 Å². The first kappa shape index (κ1) is 10.1. The van der Waals surface area contributed by atoms with E-state index in [2.05, 4.69) is 29.1 Å². The lowest BCUT2D eigenvalue weighted by molar-refractivity contribution is 0.574. The SMILES string of the molecule is CC1(C)SCC1Nc1cnc(Cl)cn1. The molecule has 1 fully saturated rings. The molecule has 0 radical (unpaired) electrons. The summed E-state index contributed by atoms with van der Waals surface area (Å²) in [5.41, 5.74) is 0. The zero-order chi connectivity index (χ0) is 10.2. The van der Waals surface area contributed by atoms with Crippen LogP contribution >= 0.6 is 23.4 Å². The molecule has 0 bridgehead atoms. The molecule has 1 aromatic rings. The van der Waals surface area contributed by atoms with E-state index in [0.717, 1.165) is 11.6 Å². The third-order valence-electron chi connectivity index (χ3n) is 2.40. The monoisotopic (exact) mass is 229 g/mol. The summed E-state index contributed by atoms with van der Waals surface area (Å²) in [6.45, 7) is 4.45. The summed E-state index contributed by atoms with van der Waals surface area (Å²) in [7, 11) is 0. The number of nitrogens with one attached hydrogen (secondary N) is 1. The standard InChI is InChI=1S/C9H12ClN3S/c1-9(2)6(5-14-9)13-8-4-11-7(10)3-12-8/h3-4,6H,5H2,1-2H3,(H,12,13). The fourth-order valence-corrected chi connectivity index (χ4v) is 2.52. The summed E-state index contributed by atoms with van der Waals surface area (Å²) >= 11 is 7.60. The minimum absolute atomic E-state index is 0.293. The van der Waals surface area contributed by atoms with Crippen molar-refractivity contribution in [1.29, 1.82) is 0 Å². The summed E-state index contributed by atoms with van der Waals surface area (Å²) in [4.78, 5) is 8.12. The molecular formula is C9H12ClN3S. The van der Waals surface area contributed by atoms with Crippen molar-refractivity contribution in [3.63, 3.8) is 0 Å². The van der Waals surface area contributed by atoms with Gasteiger partial charge in [-0.15, -0.1) is 0 Å². The van der Waals surface area contributed by atoms with Gasteiger partial charge >= 0.3 is 0 Å². The molecule has 0 amide bonds. The molecule has 76 valence electrons. The molecule has 1 unspecified atom stereocenters. The van der Waals surface area contributed by atoms with Crippen LogP contribution in [0.5, 0.6) is 0 Å². The maximum atomic E-state index is 5.65. The van der Waals surface area contributed by atoms with Crippen LogP contribution in [0.2, 0.25) is 5.15 Å². The Kier molecular flexibility index (Phi) is 2.58. The van der Waals surface area contributed by atoms with Gasteiger partial charge in [0.25, 0.3) is 0 Å². The Labute approximate surface area is 92.7 Å². The van der Waals surface area contributed by atoms with Gasteiger partial charge < -0.3 is 5.32 Å². The predicted molar refractivity (Wildman–Crippen MR) is 61.0 cm³/mol. The van der Waals surface area contributed by atoms with E-state index in [1.807, 2.05) is 11.8 Å². The number of aromatic nitrogens is 2. The molecule has 1 atom stereocenters. The van der Waals surface area contributed by atoms with Gasteiger partial charge in [0.15, 0.2) is 0 Å². The van der Waals surface area contributed by atoms with Crippen LogP contribution in [0.15, 0.2) is 12.4 Å². The van der Waals surface area contributed by atoms with Crippen molar-refractivity contribution < 1.29 is 0 Å².